The van der Waals surface area contributed by atoms with Crippen LogP contribution in [-0.4, -0.2) is 23.1 Å². The van der Waals surface area contributed by atoms with Crippen LogP contribution in [0.15, 0.2) is 54.6 Å². The Morgan fingerprint density at radius 2 is 1.85 bits per heavy atom. The fourth-order valence-electron chi connectivity index (χ4n) is 4.38. The summed E-state index contributed by atoms with van der Waals surface area (Å²) in [6.45, 7) is 2.05. The molecule has 3 aromatic rings. The second-order valence-electron chi connectivity index (χ2n) is 8.84. The van der Waals surface area contributed by atoms with E-state index in [0.29, 0.717) is 25.7 Å². The normalized spacial score (nSPS) is 19.9. The van der Waals surface area contributed by atoms with Gasteiger partial charge < -0.3 is 14.6 Å². The maximum absolute atomic E-state index is 14.3. The van der Waals surface area contributed by atoms with Crippen molar-refractivity contribution in [2.75, 3.05) is 0 Å². The lowest BCUT2D eigenvalue weighted by atomic mass is 9.74. The van der Waals surface area contributed by atoms with E-state index in [0.717, 1.165) is 28.5 Å². The van der Waals surface area contributed by atoms with Crippen molar-refractivity contribution in [3.63, 3.8) is 0 Å². The van der Waals surface area contributed by atoms with Crippen molar-refractivity contribution in [2.45, 2.75) is 45.3 Å². The van der Waals surface area contributed by atoms with Crippen LogP contribution < -0.4 is 4.74 Å². The highest BCUT2D eigenvalue weighted by Crippen LogP contribution is 2.39. The van der Waals surface area contributed by atoms with Crippen LogP contribution in [0.3, 0.4) is 0 Å². The fraction of sp³-hybridized carbons (Fsp3) is 0.296. The molecular weight excluding hydrogens is 437 g/mol. The Kier molecular flexibility index (Phi) is 6.51. The predicted molar refractivity (Wildman–Crippen MR) is 123 cm³/mol. The number of nitriles is 1. The van der Waals surface area contributed by atoms with Crippen LogP contribution in [0.5, 0.6) is 5.75 Å². The first-order valence-corrected chi connectivity index (χ1v) is 11.1. The number of halogens is 1. The Morgan fingerprint density at radius 1 is 1.15 bits per heavy atom. The number of carboxylic acids is 1. The molecule has 6 nitrogen and oxygen atoms in total. The minimum absolute atomic E-state index is 0.185. The van der Waals surface area contributed by atoms with Gasteiger partial charge in [0.1, 0.15) is 12.7 Å². The summed E-state index contributed by atoms with van der Waals surface area (Å²) < 4.78 is 25.8. The number of aromatic carboxylic acids is 1. The first-order chi connectivity index (χ1) is 16.3. The summed E-state index contributed by atoms with van der Waals surface area (Å²) in [7, 11) is 0. The van der Waals surface area contributed by atoms with E-state index in [2.05, 4.69) is 0 Å². The molecule has 0 heterocycles. The van der Waals surface area contributed by atoms with E-state index in [4.69, 9.17) is 14.7 Å². The number of rotatable bonds is 6. The number of carbonyl (C=O) groups excluding carboxylic acids is 1. The average Bonchev–Trinajstić information content (AvgIpc) is 2.84. The maximum Gasteiger partial charge on any atom is 0.337 e. The summed E-state index contributed by atoms with van der Waals surface area (Å²) in [5.74, 6) is -2.60. The molecule has 0 bridgehead atoms. The van der Waals surface area contributed by atoms with Gasteiger partial charge >= 0.3 is 11.9 Å². The van der Waals surface area contributed by atoms with Crippen molar-refractivity contribution >= 4 is 22.7 Å². The Bertz CT molecular complexity index is 1280. The van der Waals surface area contributed by atoms with E-state index < -0.39 is 17.2 Å². The lowest BCUT2D eigenvalue weighted by Gasteiger charge is -2.35. The van der Waals surface area contributed by atoms with E-state index in [1.54, 1.807) is 6.07 Å². The van der Waals surface area contributed by atoms with Crippen LogP contribution >= 0.6 is 0 Å². The zero-order chi connectivity index (χ0) is 24.3. The van der Waals surface area contributed by atoms with E-state index in [-0.39, 0.29) is 35.6 Å². The van der Waals surface area contributed by atoms with Crippen LogP contribution in [-0.2, 0) is 16.1 Å². The molecule has 34 heavy (non-hydrogen) atoms. The third kappa shape index (κ3) is 4.72. The third-order valence-corrected chi connectivity index (χ3v) is 6.48. The fourth-order valence-corrected chi connectivity index (χ4v) is 4.38. The number of carbonyl (C=O) groups is 2. The molecule has 0 unspecified atom stereocenters. The molecule has 0 amide bonds. The number of ether oxygens (including phenoxy) is 2. The van der Waals surface area contributed by atoms with Gasteiger partial charge in [-0.1, -0.05) is 42.5 Å². The maximum atomic E-state index is 14.3. The molecule has 1 aliphatic carbocycles. The number of nitrogens with zero attached hydrogens (tertiary/aromatic N) is 1. The molecule has 1 aliphatic rings. The number of benzene rings is 3. The number of hydrogen-bond donors (Lipinski definition) is 1. The topological polar surface area (TPSA) is 96.6 Å². The molecule has 4 rings (SSSR count). The minimum atomic E-state index is -1.33. The molecule has 0 aromatic heterocycles. The molecule has 0 spiro atoms. The van der Waals surface area contributed by atoms with Gasteiger partial charge in [0.05, 0.1) is 22.6 Å². The highest BCUT2D eigenvalue weighted by Gasteiger charge is 2.40. The van der Waals surface area contributed by atoms with Gasteiger partial charge in [-0.2, -0.15) is 5.26 Å². The summed E-state index contributed by atoms with van der Waals surface area (Å²) in [6.07, 6.45) is 1.59. The zero-order valence-electron chi connectivity index (χ0n) is 18.7. The van der Waals surface area contributed by atoms with Crippen molar-refractivity contribution in [1.82, 2.24) is 0 Å². The van der Waals surface area contributed by atoms with Gasteiger partial charge in [0.2, 0.25) is 0 Å². The van der Waals surface area contributed by atoms with E-state index in [9.17, 15) is 19.1 Å². The third-order valence-electron chi connectivity index (χ3n) is 6.48. The quantitative estimate of drug-likeness (QED) is 0.479. The van der Waals surface area contributed by atoms with Crippen LogP contribution in [0.2, 0.25) is 0 Å². The van der Waals surface area contributed by atoms with Gasteiger partial charge in [0.15, 0.2) is 11.6 Å². The Labute approximate surface area is 196 Å². The lowest BCUT2D eigenvalue weighted by Crippen LogP contribution is -2.37. The molecule has 1 saturated carbocycles. The molecule has 3 aromatic carbocycles. The second-order valence-corrected chi connectivity index (χ2v) is 8.84. The minimum Gasteiger partial charge on any atom is -0.487 e. The van der Waals surface area contributed by atoms with Crippen molar-refractivity contribution < 1.29 is 28.6 Å². The first-order valence-electron chi connectivity index (χ1n) is 11.1. The molecule has 0 atom stereocenters. The average molecular weight is 461 g/mol. The molecule has 0 aliphatic heterocycles. The van der Waals surface area contributed by atoms with Crippen molar-refractivity contribution in [3.05, 3.63) is 77.1 Å². The number of hydrogen-bond acceptors (Lipinski definition) is 5. The monoisotopic (exact) mass is 461 g/mol. The lowest BCUT2D eigenvalue weighted by molar-refractivity contribution is -0.159. The Morgan fingerprint density at radius 3 is 2.56 bits per heavy atom. The van der Waals surface area contributed by atoms with E-state index >= 15 is 0 Å². The summed E-state index contributed by atoms with van der Waals surface area (Å²) >= 11 is 0. The molecule has 174 valence electrons. The number of esters is 1. The van der Waals surface area contributed by atoms with Crippen LogP contribution in [0.25, 0.3) is 10.8 Å². The number of carboxylic acid groups (broad SMARTS) is 1. The summed E-state index contributed by atoms with van der Waals surface area (Å²) in [5.41, 5.74) is -0.309. The highest BCUT2D eigenvalue weighted by molar-refractivity contribution is 5.91. The first kappa shape index (κ1) is 23.2. The van der Waals surface area contributed by atoms with Crippen LogP contribution in [0, 0.1) is 22.6 Å². The molecule has 0 radical (unpaired) electrons. The van der Waals surface area contributed by atoms with Gasteiger partial charge in [-0.3, -0.25) is 4.79 Å². The van der Waals surface area contributed by atoms with Crippen LogP contribution in [0.4, 0.5) is 4.39 Å². The van der Waals surface area contributed by atoms with Gasteiger partial charge in [0, 0.05) is 0 Å². The van der Waals surface area contributed by atoms with Crippen molar-refractivity contribution in [1.29, 1.82) is 5.26 Å². The van der Waals surface area contributed by atoms with Crippen molar-refractivity contribution in [3.8, 4) is 11.8 Å². The van der Waals surface area contributed by atoms with Crippen molar-refractivity contribution in [2.24, 2.45) is 5.41 Å². The molecule has 7 heteroatoms. The Balaban J connectivity index is 1.38. The zero-order valence-corrected chi connectivity index (χ0v) is 18.7. The molecule has 1 fully saturated rings. The molecular formula is C27H24FNO5. The SMILES string of the molecule is C[C@]1(C(=O)OCc2cccc3ccccc23)CC[C@@H](Oc2cc(C(=O)O)c(C#N)cc2F)CC1. The standard InChI is InChI=1S/C27H24FNO5/c1-27(26(32)33-16-18-7-4-6-17-5-2-3-8-21(17)18)11-9-20(10-12-27)34-24-14-22(25(30)31)19(15-29)13-23(24)28/h2-8,13-14,20H,9-12,16H2,1H3,(H,30,31)/t20-,27+. The highest BCUT2D eigenvalue weighted by atomic mass is 19.1. The largest absolute Gasteiger partial charge is 0.487 e. The van der Waals surface area contributed by atoms with E-state index in [1.807, 2.05) is 49.4 Å². The Hall–Kier alpha value is -3.92. The van der Waals surface area contributed by atoms with Crippen LogP contribution in [0.1, 0.15) is 54.1 Å². The summed E-state index contributed by atoms with van der Waals surface area (Å²) in [4.78, 5) is 24.3. The summed E-state index contributed by atoms with van der Waals surface area (Å²) in [6, 6.07) is 17.4. The van der Waals surface area contributed by atoms with Gasteiger partial charge in [-0.15, -0.1) is 0 Å². The van der Waals surface area contributed by atoms with Gasteiger partial charge in [0.25, 0.3) is 0 Å². The predicted octanol–water partition coefficient (Wildman–Crippen LogP) is 5.62. The van der Waals surface area contributed by atoms with E-state index in [1.165, 1.54) is 0 Å². The number of fused-ring (bicyclic) bond motifs is 1. The summed E-state index contributed by atoms with van der Waals surface area (Å²) in [5, 5.41) is 20.4. The van der Waals surface area contributed by atoms with Gasteiger partial charge in [-0.25, -0.2) is 9.18 Å². The molecule has 0 saturated heterocycles. The molecule has 1 N–H and O–H groups in total. The smallest absolute Gasteiger partial charge is 0.337 e. The van der Waals surface area contributed by atoms with Gasteiger partial charge in [-0.05, 0) is 61.1 Å². The second kappa shape index (κ2) is 9.52.